The molecule has 0 aliphatic carbocycles. The summed E-state index contributed by atoms with van der Waals surface area (Å²) < 4.78 is 7.29. The average molecular weight is 341 g/mol. The minimum absolute atomic E-state index is 0.0804. The molecule has 1 aliphatic rings. The van der Waals surface area contributed by atoms with E-state index in [1.165, 1.54) is 5.56 Å². The van der Waals surface area contributed by atoms with E-state index in [4.69, 9.17) is 10.6 Å². The molecule has 0 aromatic heterocycles. The molecule has 0 saturated carbocycles. The third-order valence-electron chi connectivity index (χ3n) is 4.21. The molecule has 2 unspecified atom stereocenters. The van der Waals surface area contributed by atoms with Crippen molar-refractivity contribution < 1.29 is 4.74 Å². The fraction of sp³-hybridized carbons (Fsp3) is 0.625. The number of benzene rings is 1. The van der Waals surface area contributed by atoms with Crippen molar-refractivity contribution in [3.05, 3.63) is 34.3 Å². The normalized spacial score (nSPS) is 25.6. The Hall–Kier alpha value is -0.420. The molecule has 112 valence electrons. The number of halogens is 1. The summed E-state index contributed by atoms with van der Waals surface area (Å²) in [6.07, 6.45) is 1.93. The van der Waals surface area contributed by atoms with Gasteiger partial charge in [0.1, 0.15) is 0 Å². The van der Waals surface area contributed by atoms with Gasteiger partial charge in [0.05, 0.1) is 11.2 Å². The Morgan fingerprint density at radius 1 is 1.30 bits per heavy atom. The number of hydrogen-bond donors (Lipinski definition) is 2. The summed E-state index contributed by atoms with van der Waals surface area (Å²) in [5.41, 5.74) is 4.06. The molecule has 2 rings (SSSR count). The Bertz CT molecular complexity index is 456. The molecule has 0 amide bonds. The first-order valence-electron chi connectivity index (χ1n) is 7.14. The predicted molar refractivity (Wildman–Crippen MR) is 86.3 cm³/mol. The zero-order valence-corrected chi connectivity index (χ0v) is 14.3. The van der Waals surface area contributed by atoms with Crippen LogP contribution in [0.15, 0.2) is 28.7 Å². The lowest BCUT2D eigenvalue weighted by atomic mass is 9.79. The van der Waals surface area contributed by atoms with E-state index < -0.39 is 0 Å². The van der Waals surface area contributed by atoms with Crippen molar-refractivity contribution in [3.63, 3.8) is 0 Å². The molecule has 1 aliphatic heterocycles. The van der Waals surface area contributed by atoms with Gasteiger partial charge in [-0.15, -0.1) is 0 Å². The van der Waals surface area contributed by atoms with E-state index >= 15 is 0 Å². The summed E-state index contributed by atoms with van der Waals surface area (Å²) in [5, 5.41) is 0. The standard InChI is InChI=1S/C16H25BrN2O/c1-15(2)10-13(16(3,4)20-15)14(19-18)9-11-5-7-12(17)8-6-11/h5-8,13-14,19H,9-10,18H2,1-4H3. The second kappa shape index (κ2) is 5.76. The minimum atomic E-state index is -0.157. The van der Waals surface area contributed by atoms with Gasteiger partial charge in [0.15, 0.2) is 0 Å². The molecule has 0 spiro atoms. The second-order valence-electron chi connectivity index (χ2n) is 6.88. The third-order valence-corrected chi connectivity index (χ3v) is 4.74. The maximum absolute atomic E-state index is 6.19. The first-order chi connectivity index (χ1) is 9.23. The van der Waals surface area contributed by atoms with Crippen molar-refractivity contribution in [2.75, 3.05) is 0 Å². The molecule has 1 saturated heterocycles. The highest BCUT2D eigenvalue weighted by Gasteiger charge is 2.48. The first kappa shape index (κ1) is 16.0. The van der Waals surface area contributed by atoms with Crippen LogP contribution < -0.4 is 11.3 Å². The summed E-state index contributed by atoms with van der Waals surface area (Å²) in [6.45, 7) is 8.64. The molecule has 1 fully saturated rings. The SMILES string of the molecule is CC1(C)CC(C(Cc2ccc(Br)cc2)NN)C(C)(C)O1. The van der Waals surface area contributed by atoms with Crippen LogP contribution in [0.3, 0.4) is 0 Å². The van der Waals surface area contributed by atoms with Gasteiger partial charge in [-0.25, -0.2) is 0 Å². The fourth-order valence-corrected chi connectivity index (χ4v) is 3.69. The Morgan fingerprint density at radius 2 is 1.90 bits per heavy atom. The van der Waals surface area contributed by atoms with E-state index in [0.717, 1.165) is 17.3 Å². The van der Waals surface area contributed by atoms with E-state index in [1.807, 2.05) is 0 Å². The van der Waals surface area contributed by atoms with Crippen LogP contribution in [0, 0.1) is 5.92 Å². The molecule has 20 heavy (non-hydrogen) atoms. The number of ether oxygens (including phenoxy) is 1. The predicted octanol–water partition coefficient (Wildman–Crippen LogP) is 3.42. The Kier molecular flexibility index (Phi) is 4.59. The van der Waals surface area contributed by atoms with E-state index in [9.17, 15) is 0 Å². The highest BCUT2D eigenvalue weighted by Crippen LogP contribution is 2.44. The quantitative estimate of drug-likeness (QED) is 0.652. The van der Waals surface area contributed by atoms with E-state index in [-0.39, 0.29) is 17.2 Å². The molecule has 2 atom stereocenters. The molecule has 4 heteroatoms. The van der Waals surface area contributed by atoms with Crippen molar-refractivity contribution in [3.8, 4) is 0 Å². The summed E-state index contributed by atoms with van der Waals surface area (Å²) >= 11 is 3.47. The van der Waals surface area contributed by atoms with Crippen LogP contribution in [-0.2, 0) is 11.2 Å². The Balaban J connectivity index is 2.14. The highest BCUT2D eigenvalue weighted by molar-refractivity contribution is 9.10. The van der Waals surface area contributed by atoms with Crippen LogP contribution in [-0.4, -0.2) is 17.2 Å². The second-order valence-corrected chi connectivity index (χ2v) is 7.80. The molecule has 0 bridgehead atoms. The van der Waals surface area contributed by atoms with Gasteiger partial charge in [-0.3, -0.25) is 11.3 Å². The van der Waals surface area contributed by atoms with Gasteiger partial charge in [0, 0.05) is 16.4 Å². The maximum Gasteiger partial charge on any atom is 0.0678 e. The van der Waals surface area contributed by atoms with Gasteiger partial charge in [0.25, 0.3) is 0 Å². The van der Waals surface area contributed by atoms with Gasteiger partial charge in [-0.05, 0) is 58.2 Å². The largest absolute Gasteiger partial charge is 0.369 e. The van der Waals surface area contributed by atoms with Crippen molar-refractivity contribution in [2.24, 2.45) is 11.8 Å². The average Bonchev–Trinajstić information content (AvgIpc) is 2.56. The van der Waals surface area contributed by atoms with Crippen molar-refractivity contribution in [1.82, 2.24) is 5.43 Å². The molecule has 3 nitrogen and oxygen atoms in total. The smallest absolute Gasteiger partial charge is 0.0678 e. The Labute approximate surface area is 130 Å². The number of hydrazine groups is 1. The van der Waals surface area contributed by atoms with E-state index in [0.29, 0.717) is 5.92 Å². The van der Waals surface area contributed by atoms with Crippen LogP contribution in [0.1, 0.15) is 39.7 Å². The minimum Gasteiger partial charge on any atom is -0.369 e. The molecule has 1 aromatic carbocycles. The van der Waals surface area contributed by atoms with Crippen LogP contribution in [0.4, 0.5) is 0 Å². The molecule has 1 aromatic rings. The monoisotopic (exact) mass is 340 g/mol. The highest BCUT2D eigenvalue weighted by atomic mass is 79.9. The number of rotatable bonds is 4. The van der Waals surface area contributed by atoms with Crippen LogP contribution in [0.2, 0.25) is 0 Å². The lowest BCUT2D eigenvalue weighted by Crippen LogP contribution is -2.48. The Morgan fingerprint density at radius 3 is 2.35 bits per heavy atom. The van der Waals surface area contributed by atoms with Crippen molar-refractivity contribution >= 4 is 15.9 Å². The van der Waals surface area contributed by atoms with Gasteiger partial charge in [-0.2, -0.15) is 0 Å². The summed E-state index contributed by atoms with van der Waals surface area (Å²) in [4.78, 5) is 0. The molecular formula is C16H25BrN2O. The van der Waals surface area contributed by atoms with Gasteiger partial charge >= 0.3 is 0 Å². The van der Waals surface area contributed by atoms with Gasteiger partial charge in [-0.1, -0.05) is 28.1 Å². The maximum atomic E-state index is 6.19. The zero-order valence-electron chi connectivity index (χ0n) is 12.7. The molecular weight excluding hydrogens is 316 g/mol. The summed E-state index contributed by atoms with van der Waals surface area (Å²) in [5.74, 6) is 6.22. The zero-order chi connectivity index (χ0) is 15.0. The summed E-state index contributed by atoms with van der Waals surface area (Å²) in [6, 6.07) is 8.64. The van der Waals surface area contributed by atoms with E-state index in [2.05, 4.69) is 73.3 Å². The molecule has 0 radical (unpaired) electrons. The number of hydrogen-bond acceptors (Lipinski definition) is 3. The van der Waals surface area contributed by atoms with Crippen molar-refractivity contribution in [2.45, 2.75) is 57.8 Å². The first-order valence-corrected chi connectivity index (χ1v) is 7.93. The van der Waals surface area contributed by atoms with Crippen LogP contribution >= 0.6 is 15.9 Å². The molecule has 1 heterocycles. The van der Waals surface area contributed by atoms with E-state index in [1.54, 1.807) is 0 Å². The summed E-state index contributed by atoms with van der Waals surface area (Å²) in [7, 11) is 0. The van der Waals surface area contributed by atoms with Crippen LogP contribution in [0.5, 0.6) is 0 Å². The van der Waals surface area contributed by atoms with Crippen LogP contribution in [0.25, 0.3) is 0 Å². The molecule has 3 N–H and O–H groups in total. The van der Waals surface area contributed by atoms with Gasteiger partial charge in [0.2, 0.25) is 0 Å². The number of nitrogens with one attached hydrogen (secondary N) is 1. The fourth-order valence-electron chi connectivity index (χ4n) is 3.42. The third kappa shape index (κ3) is 3.61. The topological polar surface area (TPSA) is 47.3 Å². The lowest BCUT2D eigenvalue weighted by molar-refractivity contribution is -0.0776. The van der Waals surface area contributed by atoms with Gasteiger partial charge < -0.3 is 4.74 Å². The van der Waals surface area contributed by atoms with Crippen molar-refractivity contribution in [1.29, 1.82) is 0 Å². The lowest BCUT2D eigenvalue weighted by Gasteiger charge is -2.32. The number of nitrogens with two attached hydrogens (primary N) is 1.